The van der Waals surface area contributed by atoms with Gasteiger partial charge in [-0.15, -0.1) is 0 Å². The molecule has 0 unspecified atom stereocenters. The van der Waals surface area contributed by atoms with Crippen molar-refractivity contribution in [1.29, 1.82) is 0 Å². The van der Waals surface area contributed by atoms with Crippen molar-refractivity contribution in [2.75, 3.05) is 0 Å². The van der Waals surface area contributed by atoms with Crippen LogP contribution in [0.3, 0.4) is 0 Å². The second-order valence-electron chi connectivity index (χ2n) is 3.27. The maximum atomic E-state index is 13.2. The third kappa shape index (κ3) is 2.74. The smallest absolute Gasteiger partial charge is 0.165 e. The molecule has 0 heterocycles. The molecule has 2 aromatic carbocycles. The van der Waals surface area contributed by atoms with E-state index in [1.807, 2.05) is 12.1 Å². The van der Waals surface area contributed by atoms with Crippen LogP contribution in [0.4, 0.5) is 4.39 Å². The molecule has 81 valence electrons. The lowest BCUT2D eigenvalue weighted by Gasteiger charge is -2.06. The summed E-state index contributed by atoms with van der Waals surface area (Å²) >= 11 is 5.75. The van der Waals surface area contributed by atoms with Gasteiger partial charge in [0.05, 0.1) is 0 Å². The Kier molecular flexibility index (Phi) is 3.42. The second kappa shape index (κ2) is 4.99. The summed E-state index contributed by atoms with van der Waals surface area (Å²) in [5, 5.41) is 0.671. The fraction of sp³-hybridized carbons (Fsp3) is 0.0769. The minimum Gasteiger partial charge on any atom is -0.486 e. The Balaban J connectivity index is 2.02. The highest BCUT2D eigenvalue weighted by atomic mass is 35.5. The molecule has 0 bridgehead atoms. The quantitative estimate of drug-likeness (QED) is 0.785. The zero-order chi connectivity index (χ0) is 11.4. The molecule has 0 aromatic heterocycles. The Labute approximate surface area is 98.4 Å². The van der Waals surface area contributed by atoms with Gasteiger partial charge in [0.15, 0.2) is 11.6 Å². The van der Waals surface area contributed by atoms with Crippen molar-refractivity contribution in [3.63, 3.8) is 0 Å². The van der Waals surface area contributed by atoms with Crippen LogP contribution in [0, 0.1) is 11.9 Å². The average Bonchev–Trinajstić information content (AvgIpc) is 2.30. The minimum absolute atomic E-state index is 0.230. The fourth-order valence-electron chi connectivity index (χ4n) is 1.25. The van der Waals surface area contributed by atoms with Gasteiger partial charge in [-0.3, -0.25) is 0 Å². The van der Waals surface area contributed by atoms with Crippen molar-refractivity contribution in [2.45, 2.75) is 6.61 Å². The molecule has 0 aliphatic carbocycles. The maximum Gasteiger partial charge on any atom is 0.165 e. The van der Waals surface area contributed by atoms with Crippen LogP contribution in [0.1, 0.15) is 5.56 Å². The molecule has 0 saturated heterocycles. The molecule has 16 heavy (non-hydrogen) atoms. The van der Waals surface area contributed by atoms with Crippen LogP contribution in [0.25, 0.3) is 0 Å². The van der Waals surface area contributed by atoms with E-state index in [4.69, 9.17) is 16.3 Å². The molecule has 2 rings (SSSR count). The lowest BCUT2D eigenvalue weighted by atomic mass is 10.2. The van der Waals surface area contributed by atoms with Gasteiger partial charge in [-0.2, -0.15) is 0 Å². The molecular formula is C13H9ClFO. The minimum atomic E-state index is -0.406. The van der Waals surface area contributed by atoms with E-state index >= 15 is 0 Å². The van der Waals surface area contributed by atoms with Crippen molar-refractivity contribution < 1.29 is 9.13 Å². The second-order valence-corrected chi connectivity index (χ2v) is 3.71. The first-order valence-electron chi connectivity index (χ1n) is 4.78. The summed E-state index contributed by atoms with van der Waals surface area (Å²) in [7, 11) is 0. The van der Waals surface area contributed by atoms with Crippen LogP contribution < -0.4 is 4.74 Å². The van der Waals surface area contributed by atoms with Crippen LogP contribution >= 0.6 is 11.6 Å². The summed E-state index contributed by atoms with van der Waals surface area (Å²) in [6, 6.07) is 14.3. The number of rotatable bonds is 3. The highest BCUT2D eigenvalue weighted by molar-refractivity contribution is 6.30. The Morgan fingerprint density at radius 2 is 1.94 bits per heavy atom. The number of hydrogen-bond acceptors (Lipinski definition) is 1. The zero-order valence-electron chi connectivity index (χ0n) is 8.41. The lowest BCUT2D eigenvalue weighted by Crippen LogP contribution is -1.96. The van der Waals surface area contributed by atoms with E-state index in [9.17, 15) is 4.39 Å². The van der Waals surface area contributed by atoms with Gasteiger partial charge in [0.2, 0.25) is 0 Å². The van der Waals surface area contributed by atoms with Crippen LogP contribution in [0.15, 0.2) is 42.5 Å². The summed E-state index contributed by atoms with van der Waals surface area (Å²) < 4.78 is 18.5. The van der Waals surface area contributed by atoms with Gasteiger partial charge in [-0.25, -0.2) is 4.39 Å². The van der Waals surface area contributed by atoms with Gasteiger partial charge >= 0.3 is 0 Å². The van der Waals surface area contributed by atoms with Gasteiger partial charge in [0, 0.05) is 5.02 Å². The van der Waals surface area contributed by atoms with E-state index in [0.717, 1.165) is 5.56 Å². The van der Waals surface area contributed by atoms with Crippen molar-refractivity contribution in [2.24, 2.45) is 0 Å². The first-order valence-corrected chi connectivity index (χ1v) is 5.16. The number of halogens is 2. The Hall–Kier alpha value is -1.54. The monoisotopic (exact) mass is 235 g/mol. The maximum absolute atomic E-state index is 13.2. The molecule has 0 fully saturated rings. The van der Waals surface area contributed by atoms with Crippen molar-refractivity contribution >= 4 is 11.6 Å². The van der Waals surface area contributed by atoms with E-state index in [0.29, 0.717) is 11.6 Å². The van der Waals surface area contributed by atoms with Gasteiger partial charge in [0.1, 0.15) is 6.61 Å². The number of ether oxygens (including phenoxy) is 1. The van der Waals surface area contributed by atoms with Crippen molar-refractivity contribution in [3.8, 4) is 5.75 Å². The molecule has 1 radical (unpaired) electrons. The van der Waals surface area contributed by atoms with Gasteiger partial charge < -0.3 is 4.74 Å². The van der Waals surface area contributed by atoms with Gasteiger partial charge in [0.25, 0.3) is 0 Å². The summed E-state index contributed by atoms with van der Waals surface area (Å²) in [4.78, 5) is 0. The molecule has 0 aliphatic rings. The Morgan fingerprint density at radius 1 is 1.19 bits per heavy atom. The molecular weight excluding hydrogens is 227 g/mol. The molecule has 0 aliphatic heterocycles. The van der Waals surface area contributed by atoms with E-state index in [1.165, 1.54) is 6.07 Å². The van der Waals surface area contributed by atoms with Gasteiger partial charge in [-0.05, 0) is 35.9 Å². The fourth-order valence-corrected chi connectivity index (χ4v) is 1.38. The first kappa shape index (κ1) is 11.0. The van der Waals surface area contributed by atoms with E-state index < -0.39 is 5.82 Å². The highest BCUT2D eigenvalue weighted by Gasteiger charge is 2.01. The highest BCUT2D eigenvalue weighted by Crippen LogP contribution is 2.17. The number of hydrogen-bond donors (Lipinski definition) is 0. The molecule has 3 heteroatoms. The summed E-state index contributed by atoms with van der Waals surface area (Å²) in [6.45, 7) is 0.318. The zero-order valence-corrected chi connectivity index (χ0v) is 9.17. The summed E-state index contributed by atoms with van der Waals surface area (Å²) in [5.41, 5.74) is 0.941. The SMILES string of the molecule is Fc1c[c]ccc1OCc1ccc(Cl)cc1. The van der Waals surface area contributed by atoms with E-state index in [2.05, 4.69) is 6.07 Å². The first-order chi connectivity index (χ1) is 7.75. The molecule has 0 amide bonds. The molecule has 1 nitrogen and oxygen atoms in total. The van der Waals surface area contributed by atoms with Crippen molar-refractivity contribution in [3.05, 3.63) is 64.9 Å². The molecule has 2 aromatic rings. The lowest BCUT2D eigenvalue weighted by molar-refractivity contribution is 0.290. The number of benzene rings is 2. The topological polar surface area (TPSA) is 9.23 Å². The van der Waals surface area contributed by atoms with Crippen LogP contribution in [0.5, 0.6) is 5.75 Å². The molecule has 0 N–H and O–H groups in total. The van der Waals surface area contributed by atoms with Crippen molar-refractivity contribution in [1.82, 2.24) is 0 Å². The summed E-state index contributed by atoms with van der Waals surface area (Å²) in [6.07, 6.45) is 0. The van der Waals surface area contributed by atoms with Crippen LogP contribution in [-0.4, -0.2) is 0 Å². The van der Waals surface area contributed by atoms with Gasteiger partial charge in [-0.1, -0.05) is 29.8 Å². The predicted octanol–water partition coefficient (Wildman–Crippen LogP) is 3.86. The third-order valence-corrected chi connectivity index (χ3v) is 2.34. The Bertz CT molecular complexity index is 468. The van der Waals surface area contributed by atoms with Crippen LogP contribution in [0.2, 0.25) is 5.02 Å². The molecule has 0 spiro atoms. The largest absolute Gasteiger partial charge is 0.486 e. The molecule has 0 saturated carbocycles. The standard InChI is InChI=1S/C13H9ClFO/c14-11-7-5-10(6-8-11)9-16-13-4-2-1-3-12(13)15/h2-8H,9H2. The normalized spacial score (nSPS) is 10.1. The molecule has 0 atom stereocenters. The average molecular weight is 236 g/mol. The van der Waals surface area contributed by atoms with Crippen LogP contribution in [-0.2, 0) is 6.61 Å². The van der Waals surface area contributed by atoms with E-state index in [1.54, 1.807) is 24.3 Å². The summed E-state index contributed by atoms with van der Waals surface area (Å²) in [5.74, 6) is -0.176. The predicted molar refractivity (Wildman–Crippen MR) is 61.0 cm³/mol. The third-order valence-electron chi connectivity index (χ3n) is 2.08. The van der Waals surface area contributed by atoms with E-state index in [-0.39, 0.29) is 5.75 Å². The Morgan fingerprint density at radius 3 is 2.62 bits per heavy atom.